The molecule has 0 saturated heterocycles. The third kappa shape index (κ3) is 3.58. The first kappa shape index (κ1) is 13.1. The molecular weight excluding hydrogens is 238 g/mol. The van der Waals surface area contributed by atoms with Crippen LogP contribution in [0.3, 0.4) is 0 Å². The summed E-state index contributed by atoms with van der Waals surface area (Å²) in [4.78, 5) is 12.0. The van der Waals surface area contributed by atoms with Crippen molar-refractivity contribution >= 4 is 11.6 Å². The van der Waals surface area contributed by atoms with Crippen molar-refractivity contribution in [2.24, 2.45) is 0 Å². The highest BCUT2D eigenvalue weighted by Gasteiger charge is 2.06. The molecule has 0 atom stereocenters. The van der Waals surface area contributed by atoms with E-state index in [1.165, 1.54) is 17.7 Å². The number of hydrogen-bond acceptors (Lipinski definition) is 2. The van der Waals surface area contributed by atoms with Crippen molar-refractivity contribution in [2.75, 3.05) is 5.32 Å². The molecule has 98 valence electrons. The summed E-state index contributed by atoms with van der Waals surface area (Å²) in [6.07, 6.45) is 2.08. The Morgan fingerprint density at radius 3 is 2.58 bits per heavy atom. The van der Waals surface area contributed by atoms with Gasteiger partial charge in [0, 0.05) is 11.3 Å². The van der Waals surface area contributed by atoms with E-state index in [0.717, 1.165) is 18.5 Å². The van der Waals surface area contributed by atoms with E-state index in [1.54, 1.807) is 12.1 Å². The van der Waals surface area contributed by atoms with Gasteiger partial charge in [0.1, 0.15) is 5.75 Å². The number of aryl methyl sites for hydroxylation is 1. The molecular formula is C16H17NO2. The summed E-state index contributed by atoms with van der Waals surface area (Å²) in [5, 5.41) is 12.0. The second kappa shape index (κ2) is 6.05. The largest absolute Gasteiger partial charge is 0.508 e. The molecule has 0 aliphatic heterocycles. The molecule has 0 radical (unpaired) electrons. The van der Waals surface area contributed by atoms with Crippen LogP contribution < -0.4 is 5.32 Å². The van der Waals surface area contributed by atoms with E-state index in [9.17, 15) is 9.90 Å². The van der Waals surface area contributed by atoms with Crippen molar-refractivity contribution in [3.8, 4) is 5.75 Å². The molecule has 0 aromatic heterocycles. The van der Waals surface area contributed by atoms with Gasteiger partial charge in [-0.3, -0.25) is 4.79 Å². The van der Waals surface area contributed by atoms with Crippen molar-refractivity contribution in [3.05, 3.63) is 59.7 Å². The lowest BCUT2D eigenvalue weighted by Gasteiger charge is -2.07. The molecule has 0 unspecified atom stereocenters. The van der Waals surface area contributed by atoms with E-state index in [0.29, 0.717) is 5.56 Å². The van der Waals surface area contributed by atoms with E-state index in [1.807, 2.05) is 18.2 Å². The summed E-state index contributed by atoms with van der Waals surface area (Å²) in [5.74, 6) is -0.0184. The third-order valence-electron chi connectivity index (χ3n) is 2.85. The number of aromatic hydroxyl groups is 1. The highest BCUT2D eigenvalue weighted by Crippen LogP contribution is 2.15. The number of carbonyl (C=O) groups excluding carboxylic acids is 1. The van der Waals surface area contributed by atoms with Gasteiger partial charge in [0.05, 0.1) is 0 Å². The number of amides is 1. The third-order valence-corrected chi connectivity index (χ3v) is 2.85. The number of rotatable bonds is 4. The van der Waals surface area contributed by atoms with Gasteiger partial charge in [0.25, 0.3) is 5.91 Å². The van der Waals surface area contributed by atoms with Crippen molar-refractivity contribution in [1.82, 2.24) is 0 Å². The molecule has 2 aromatic carbocycles. The van der Waals surface area contributed by atoms with Crippen LogP contribution in [0.2, 0.25) is 0 Å². The minimum atomic E-state index is -0.173. The minimum absolute atomic E-state index is 0.154. The van der Waals surface area contributed by atoms with E-state index >= 15 is 0 Å². The van der Waals surface area contributed by atoms with Gasteiger partial charge < -0.3 is 10.4 Å². The zero-order valence-corrected chi connectivity index (χ0v) is 10.9. The molecule has 0 saturated carbocycles. The second-order valence-electron chi connectivity index (χ2n) is 4.45. The fourth-order valence-corrected chi connectivity index (χ4v) is 1.91. The number of carbonyl (C=O) groups is 1. The average Bonchev–Trinajstić information content (AvgIpc) is 2.40. The van der Waals surface area contributed by atoms with Crippen LogP contribution >= 0.6 is 0 Å². The van der Waals surface area contributed by atoms with Gasteiger partial charge in [-0.25, -0.2) is 0 Å². The second-order valence-corrected chi connectivity index (χ2v) is 4.45. The van der Waals surface area contributed by atoms with Gasteiger partial charge in [-0.1, -0.05) is 25.5 Å². The molecule has 3 heteroatoms. The minimum Gasteiger partial charge on any atom is -0.508 e. The first-order valence-electron chi connectivity index (χ1n) is 6.38. The maximum Gasteiger partial charge on any atom is 0.255 e. The fourth-order valence-electron chi connectivity index (χ4n) is 1.91. The van der Waals surface area contributed by atoms with Crippen LogP contribution in [0.25, 0.3) is 0 Å². The number of anilines is 1. The molecule has 2 rings (SSSR count). The summed E-state index contributed by atoms with van der Waals surface area (Å²) in [7, 11) is 0. The Morgan fingerprint density at radius 1 is 1.16 bits per heavy atom. The van der Waals surface area contributed by atoms with E-state index < -0.39 is 0 Å². The molecule has 0 spiro atoms. The number of benzene rings is 2. The van der Waals surface area contributed by atoms with Crippen molar-refractivity contribution < 1.29 is 9.90 Å². The number of hydrogen-bond donors (Lipinski definition) is 2. The fraction of sp³-hybridized carbons (Fsp3) is 0.188. The summed E-state index contributed by atoms with van der Waals surface area (Å²) in [6, 6.07) is 14.1. The van der Waals surface area contributed by atoms with Crippen molar-refractivity contribution in [1.29, 1.82) is 0 Å². The normalized spacial score (nSPS) is 10.2. The van der Waals surface area contributed by atoms with Gasteiger partial charge >= 0.3 is 0 Å². The Bertz CT molecular complexity index is 561. The lowest BCUT2D eigenvalue weighted by molar-refractivity contribution is 0.102. The Hall–Kier alpha value is -2.29. The van der Waals surface area contributed by atoms with Crippen molar-refractivity contribution in [3.63, 3.8) is 0 Å². The molecule has 3 nitrogen and oxygen atoms in total. The summed E-state index contributed by atoms with van der Waals surface area (Å²) < 4.78 is 0. The summed E-state index contributed by atoms with van der Waals surface area (Å²) in [6.45, 7) is 2.13. The highest BCUT2D eigenvalue weighted by atomic mass is 16.3. The maximum atomic E-state index is 12.0. The van der Waals surface area contributed by atoms with Crippen LogP contribution in [0.1, 0.15) is 29.3 Å². The predicted octanol–water partition coefficient (Wildman–Crippen LogP) is 3.60. The zero-order valence-electron chi connectivity index (χ0n) is 10.9. The lowest BCUT2D eigenvalue weighted by Crippen LogP contribution is -2.11. The number of phenolic OH excluding ortho intramolecular Hbond substituents is 1. The molecule has 0 heterocycles. The van der Waals surface area contributed by atoms with Crippen LogP contribution in [0.5, 0.6) is 5.75 Å². The summed E-state index contributed by atoms with van der Waals surface area (Å²) in [5.41, 5.74) is 2.54. The standard InChI is InChI=1S/C16H17NO2/c1-2-4-12-5-3-6-14(11-12)17-16(19)13-7-9-15(18)10-8-13/h3,5-11,18H,2,4H2,1H3,(H,17,19). The molecule has 0 aliphatic rings. The smallest absolute Gasteiger partial charge is 0.255 e. The van der Waals surface area contributed by atoms with Crippen LogP contribution in [-0.2, 0) is 6.42 Å². The monoisotopic (exact) mass is 255 g/mol. The molecule has 19 heavy (non-hydrogen) atoms. The first-order valence-corrected chi connectivity index (χ1v) is 6.38. The molecule has 0 bridgehead atoms. The van der Waals surface area contributed by atoms with Gasteiger partial charge in [0.2, 0.25) is 0 Å². The molecule has 1 amide bonds. The van der Waals surface area contributed by atoms with Gasteiger partial charge in [0.15, 0.2) is 0 Å². The van der Waals surface area contributed by atoms with Gasteiger partial charge in [-0.2, -0.15) is 0 Å². The highest BCUT2D eigenvalue weighted by molar-refractivity contribution is 6.04. The van der Waals surface area contributed by atoms with Crippen LogP contribution in [0.4, 0.5) is 5.69 Å². The first-order chi connectivity index (χ1) is 9.19. The Labute approximate surface area is 112 Å². The lowest BCUT2D eigenvalue weighted by atomic mass is 10.1. The molecule has 2 N–H and O–H groups in total. The van der Waals surface area contributed by atoms with E-state index in [-0.39, 0.29) is 11.7 Å². The molecule has 2 aromatic rings. The van der Waals surface area contributed by atoms with E-state index in [2.05, 4.69) is 18.3 Å². The molecule has 0 aliphatic carbocycles. The maximum absolute atomic E-state index is 12.0. The average molecular weight is 255 g/mol. The Balaban J connectivity index is 2.10. The number of phenols is 1. The Morgan fingerprint density at radius 2 is 1.89 bits per heavy atom. The van der Waals surface area contributed by atoms with Gasteiger partial charge in [-0.15, -0.1) is 0 Å². The topological polar surface area (TPSA) is 49.3 Å². The summed E-state index contributed by atoms with van der Waals surface area (Å²) >= 11 is 0. The van der Waals surface area contributed by atoms with Crippen molar-refractivity contribution in [2.45, 2.75) is 19.8 Å². The molecule has 0 fully saturated rings. The van der Waals surface area contributed by atoms with Crippen LogP contribution in [-0.4, -0.2) is 11.0 Å². The predicted molar refractivity (Wildman–Crippen MR) is 76.5 cm³/mol. The van der Waals surface area contributed by atoms with Crippen LogP contribution in [0, 0.1) is 0 Å². The quantitative estimate of drug-likeness (QED) is 0.877. The zero-order chi connectivity index (χ0) is 13.7. The van der Waals surface area contributed by atoms with Crippen LogP contribution in [0.15, 0.2) is 48.5 Å². The van der Waals surface area contributed by atoms with E-state index in [4.69, 9.17) is 0 Å². The number of nitrogens with one attached hydrogen (secondary N) is 1. The Kier molecular flexibility index (Phi) is 4.18. The SMILES string of the molecule is CCCc1cccc(NC(=O)c2ccc(O)cc2)c1. The van der Waals surface area contributed by atoms with Gasteiger partial charge in [-0.05, 0) is 48.4 Å².